The van der Waals surface area contributed by atoms with Crippen LogP contribution in [0.5, 0.6) is 5.75 Å². The average molecular weight is 450 g/mol. The van der Waals surface area contributed by atoms with E-state index < -0.39 is 23.7 Å². The first-order valence-corrected chi connectivity index (χ1v) is 10.3. The van der Waals surface area contributed by atoms with E-state index in [1.54, 1.807) is 24.3 Å². The van der Waals surface area contributed by atoms with Crippen LogP contribution in [0.2, 0.25) is 0 Å². The summed E-state index contributed by atoms with van der Waals surface area (Å²) in [7, 11) is 1.43. The van der Waals surface area contributed by atoms with Crippen LogP contribution in [0.25, 0.3) is 10.9 Å². The van der Waals surface area contributed by atoms with Gasteiger partial charge < -0.3 is 19.9 Å². The summed E-state index contributed by atoms with van der Waals surface area (Å²) in [6.07, 6.45) is 0.449. The van der Waals surface area contributed by atoms with Crippen LogP contribution in [0.15, 0.2) is 36.4 Å². The van der Waals surface area contributed by atoms with E-state index in [0.29, 0.717) is 28.1 Å². The molecule has 0 radical (unpaired) electrons. The van der Waals surface area contributed by atoms with Crippen LogP contribution in [0, 0.1) is 5.82 Å². The summed E-state index contributed by atoms with van der Waals surface area (Å²) in [6.45, 7) is 0.196. The van der Waals surface area contributed by atoms with E-state index in [9.17, 15) is 23.6 Å². The Balaban J connectivity index is 1.35. The first-order chi connectivity index (χ1) is 15.8. The third-order valence-electron chi connectivity index (χ3n) is 5.92. The fraction of sp³-hybridized carbons (Fsp3) is 0.217. The molecule has 2 aliphatic heterocycles. The molecular weight excluding hydrogens is 431 g/mol. The van der Waals surface area contributed by atoms with Crippen molar-refractivity contribution in [3.05, 3.63) is 59.0 Å². The lowest BCUT2D eigenvalue weighted by atomic mass is 10.0. The lowest BCUT2D eigenvalue weighted by Crippen LogP contribution is -2.52. The number of rotatable bonds is 4. The van der Waals surface area contributed by atoms with E-state index in [1.165, 1.54) is 24.1 Å². The molecule has 3 N–H and O–H groups in total. The Morgan fingerprint density at radius 3 is 2.76 bits per heavy atom. The second-order valence-electron chi connectivity index (χ2n) is 7.98. The molecule has 10 heteroatoms. The summed E-state index contributed by atoms with van der Waals surface area (Å²) in [6, 6.07) is 8.40. The first kappa shape index (κ1) is 20.7. The normalized spacial score (nSPS) is 17.8. The molecule has 1 aromatic heterocycles. The predicted molar refractivity (Wildman–Crippen MR) is 115 cm³/mol. The Labute approximate surface area is 186 Å². The Morgan fingerprint density at radius 1 is 1.18 bits per heavy atom. The number of aromatic amines is 1. The van der Waals surface area contributed by atoms with Crippen molar-refractivity contribution in [3.63, 3.8) is 0 Å². The highest BCUT2D eigenvalue weighted by molar-refractivity contribution is 6.08. The number of carbonyl (C=O) groups is 4. The minimum atomic E-state index is -0.709. The van der Waals surface area contributed by atoms with Crippen molar-refractivity contribution in [2.45, 2.75) is 25.4 Å². The molecular formula is C23H19FN4O5. The van der Waals surface area contributed by atoms with E-state index in [1.807, 2.05) is 0 Å². The molecule has 0 bridgehead atoms. The van der Waals surface area contributed by atoms with Gasteiger partial charge in [-0.25, -0.2) is 4.39 Å². The first-order valence-electron chi connectivity index (χ1n) is 10.3. The lowest BCUT2D eigenvalue weighted by molar-refractivity contribution is -0.136. The molecule has 9 nitrogen and oxygen atoms in total. The van der Waals surface area contributed by atoms with Gasteiger partial charge in [0.25, 0.3) is 11.8 Å². The average Bonchev–Trinajstić information content (AvgIpc) is 3.35. The summed E-state index contributed by atoms with van der Waals surface area (Å²) in [4.78, 5) is 53.4. The molecule has 5 rings (SSSR count). The molecule has 0 spiro atoms. The molecule has 0 aliphatic carbocycles. The summed E-state index contributed by atoms with van der Waals surface area (Å²) in [5.41, 5.74) is 2.15. The SMILES string of the molecule is COc1cc(F)c2cc(C(=O)Nc3ccc4c(c3)CN(C3CCC(=O)NC3=O)C4=O)[nH]c2c1. The van der Waals surface area contributed by atoms with Gasteiger partial charge in [0.1, 0.15) is 23.3 Å². The molecule has 1 atom stereocenters. The highest BCUT2D eigenvalue weighted by Crippen LogP contribution is 2.30. The second-order valence-corrected chi connectivity index (χ2v) is 7.98. The number of carbonyl (C=O) groups excluding carboxylic acids is 4. The minimum absolute atomic E-state index is 0.166. The van der Waals surface area contributed by atoms with Crippen molar-refractivity contribution in [3.8, 4) is 5.75 Å². The number of nitrogens with zero attached hydrogens (tertiary/aromatic N) is 1. The molecule has 168 valence electrons. The minimum Gasteiger partial charge on any atom is -0.497 e. The molecule has 33 heavy (non-hydrogen) atoms. The Bertz CT molecular complexity index is 1350. The number of piperidine rings is 1. The van der Waals surface area contributed by atoms with E-state index in [-0.39, 0.29) is 42.3 Å². The van der Waals surface area contributed by atoms with Crippen LogP contribution in [0.3, 0.4) is 0 Å². The molecule has 1 saturated heterocycles. The van der Waals surface area contributed by atoms with Gasteiger partial charge in [-0.2, -0.15) is 0 Å². The van der Waals surface area contributed by atoms with Crippen LogP contribution < -0.4 is 15.4 Å². The molecule has 1 unspecified atom stereocenters. The van der Waals surface area contributed by atoms with Gasteiger partial charge >= 0.3 is 0 Å². The quantitative estimate of drug-likeness (QED) is 0.527. The van der Waals surface area contributed by atoms with Gasteiger partial charge in [0.05, 0.1) is 12.6 Å². The van der Waals surface area contributed by atoms with Gasteiger partial charge in [0, 0.05) is 41.7 Å². The Hall–Kier alpha value is -4.21. The highest BCUT2D eigenvalue weighted by atomic mass is 19.1. The monoisotopic (exact) mass is 450 g/mol. The predicted octanol–water partition coefficient (Wildman–Crippen LogP) is 2.33. The number of ether oxygens (including phenoxy) is 1. The zero-order valence-corrected chi connectivity index (χ0v) is 17.5. The van der Waals surface area contributed by atoms with Gasteiger partial charge in [-0.05, 0) is 36.2 Å². The Kier molecular flexibility index (Phi) is 4.85. The zero-order valence-electron chi connectivity index (χ0n) is 17.5. The summed E-state index contributed by atoms with van der Waals surface area (Å²) < 4.78 is 19.3. The molecule has 2 aromatic carbocycles. The van der Waals surface area contributed by atoms with Gasteiger partial charge in [-0.3, -0.25) is 24.5 Å². The van der Waals surface area contributed by atoms with Gasteiger partial charge in [0.2, 0.25) is 11.8 Å². The van der Waals surface area contributed by atoms with Crippen LogP contribution in [0.4, 0.5) is 10.1 Å². The molecule has 3 aromatic rings. The van der Waals surface area contributed by atoms with E-state index in [0.717, 1.165) is 0 Å². The standard InChI is InChI=1S/C23H19FN4O5/c1-33-13-7-16(24)15-9-18(26-17(15)8-13)21(30)25-12-2-3-14-11(6-12)10-28(23(14)32)19-4-5-20(29)27-22(19)31/h2-3,6-9,19,26H,4-5,10H2,1H3,(H,25,30)(H,27,29,31). The van der Waals surface area contributed by atoms with Crippen molar-refractivity contribution < 1.29 is 28.3 Å². The van der Waals surface area contributed by atoms with Crippen molar-refractivity contribution >= 4 is 40.2 Å². The number of imide groups is 1. The maximum Gasteiger partial charge on any atom is 0.272 e. The summed E-state index contributed by atoms with van der Waals surface area (Å²) >= 11 is 0. The van der Waals surface area contributed by atoms with E-state index >= 15 is 0 Å². The largest absolute Gasteiger partial charge is 0.497 e. The van der Waals surface area contributed by atoms with Crippen molar-refractivity contribution in [2.24, 2.45) is 0 Å². The lowest BCUT2D eigenvalue weighted by Gasteiger charge is -2.29. The van der Waals surface area contributed by atoms with Crippen LogP contribution in [-0.4, -0.2) is 46.7 Å². The number of anilines is 1. The number of H-pyrrole nitrogens is 1. The summed E-state index contributed by atoms with van der Waals surface area (Å²) in [5.74, 6) is -1.78. The fourth-order valence-electron chi connectivity index (χ4n) is 4.26. The van der Waals surface area contributed by atoms with Crippen molar-refractivity contribution in [2.75, 3.05) is 12.4 Å². The van der Waals surface area contributed by atoms with E-state index in [4.69, 9.17) is 4.74 Å². The highest BCUT2D eigenvalue weighted by Gasteiger charge is 2.39. The molecule has 1 fully saturated rings. The molecule has 4 amide bonds. The Morgan fingerprint density at radius 2 is 2.00 bits per heavy atom. The number of halogens is 1. The fourth-order valence-corrected chi connectivity index (χ4v) is 4.26. The third kappa shape index (κ3) is 3.59. The van der Waals surface area contributed by atoms with Crippen LogP contribution >= 0.6 is 0 Å². The van der Waals surface area contributed by atoms with Gasteiger partial charge in [-0.15, -0.1) is 0 Å². The number of fused-ring (bicyclic) bond motifs is 2. The number of aromatic nitrogens is 1. The van der Waals surface area contributed by atoms with Crippen molar-refractivity contribution in [1.29, 1.82) is 0 Å². The molecule has 2 aliphatic rings. The van der Waals surface area contributed by atoms with Crippen LogP contribution in [-0.2, 0) is 16.1 Å². The molecule has 0 saturated carbocycles. The van der Waals surface area contributed by atoms with Crippen molar-refractivity contribution in [1.82, 2.24) is 15.2 Å². The van der Waals surface area contributed by atoms with Gasteiger partial charge in [0.15, 0.2) is 0 Å². The molecule has 3 heterocycles. The van der Waals surface area contributed by atoms with Gasteiger partial charge in [-0.1, -0.05) is 0 Å². The van der Waals surface area contributed by atoms with E-state index in [2.05, 4.69) is 15.6 Å². The number of amides is 4. The smallest absolute Gasteiger partial charge is 0.272 e. The topological polar surface area (TPSA) is 121 Å². The number of methoxy groups -OCH3 is 1. The van der Waals surface area contributed by atoms with Crippen LogP contribution in [0.1, 0.15) is 39.3 Å². The number of hydrogen-bond donors (Lipinski definition) is 3. The number of nitrogens with one attached hydrogen (secondary N) is 3. The number of hydrogen-bond acceptors (Lipinski definition) is 5. The number of benzene rings is 2. The maximum absolute atomic E-state index is 14.2. The zero-order chi connectivity index (χ0) is 23.3. The maximum atomic E-state index is 14.2. The second kappa shape index (κ2) is 7.73. The third-order valence-corrected chi connectivity index (χ3v) is 5.92. The summed E-state index contributed by atoms with van der Waals surface area (Å²) in [5, 5.41) is 5.27.